The van der Waals surface area contributed by atoms with Gasteiger partial charge in [0.1, 0.15) is 22.5 Å². The number of hydrogen-bond donors (Lipinski definition) is 2. The van der Waals surface area contributed by atoms with Gasteiger partial charge in [0.05, 0.1) is 51.0 Å². The normalized spacial score (nSPS) is 14.9. The molecule has 2 aliphatic heterocycles. The van der Waals surface area contributed by atoms with Crippen LogP contribution < -0.4 is 30.4 Å². The Kier molecular flexibility index (Phi) is 14.3. The highest BCUT2D eigenvalue weighted by molar-refractivity contribution is 6.43. The molecule has 4 aromatic heterocycles. The van der Waals surface area contributed by atoms with E-state index in [1.165, 1.54) is 12.1 Å². The first-order chi connectivity index (χ1) is 31.9. The zero-order chi connectivity index (χ0) is 44.5. The minimum atomic E-state index is -0.0950. The van der Waals surface area contributed by atoms with E-state index in [9.17, 15) is 9.59 Å². The first-order valence-corrected chi connectivity index (χ1v) is 23.6. The van der Waals surface area contributed by atoms with Crippen molar-refractivity contribution in [2.45, 2.75) is 32.1 Å². The first kappa shape index (κ1) is 44.3. The van der Waals surface area contributed by atoms with E-state index in [-0.39, 0.29) is 11.1 Å². The number of fused-ring (bicyclic) bond motifs is 6. The largest absolute Gasteiger partial charge is 0.494 e. The molecule has 10 rings (SSSR count). The molecular formula is C51H56Cl2N8O4. The number of aromatic nitrogens is 4. The number of piperazine rings is 2. The van der Waals surface area contributed by atoms with Crippen LogP contribution in [-0.4, -0.2) is 107 Å². The SMILES string of the molecule is O=c1[nH]c2cc(OCCCCCN3CCN(c4ccccc4)CC3)ccc2n2cccc12.O=c1[nH]c2cc(OCCCCN3CCN(c4cccc(Cl)c4Cl)CC3)ccc2n2cccc12. The van der Waals surface area contributed by atoms with Crippen molar-refractivity contribution in [3.05, 3.63) is 152 Å². The molecule has 0 radical (unpaired) electrons. The number of nitrogens with one attached hydrogen (secondary N) is 2. The minimum Gasteiger partial charge on any atom is -0.494 e. The molecule has 8 aromatic rings. The van der Waals surface area contributed by atoms with Crippen LogP contribution >= 0.6 is 23.2 Å². The summed E-state index contributed by atoms with van der Waals surface area (Å²) in [6.07, 6.45) is 9.26. The maximum atomic E-state index is 12.2. The van der Waals surface area contributed by atoms with Crippen molar-refractivity contribution in [2.75, 3.05) is 88.5 Å². The first-order valence-electron chi connectivity index (χ1n) is 22.8. The molecule has 6 heterocycles. The van der Waals surface area contributed by atoms with Gasteiger partial charge in [-0.1, -0.05) is 47.5 Å². The standard InChI is InChI=1S/C26H30N4O2.C25H26Cl2N4O2/c31-26-25-10-7-14-30(25)24-12-11-22(20-23(24)27-26)32-19-6-2-5-13-28-15-17-29(18-16-28)21-8-3-1-4-9-21;26-19-5-3-6-22(24(19)27)30-14-12-29(13-15-30)10-1-2-16-33-18-8-9-21-20(17-18)28-25(32)23-7-4-11-31(21)23/h1,3-4,7-12,14,20H,2,5-6,13,15-19H2,(H,27,31);3-9,11,17H,1-2,10,12-16H2,(H,28,32). The number of halogens is 2. The molecule has 2 fully saturated rings. The topological polar surface area (TPSA) is 106 Å². The van der Waals surface area contributed by atoms with Gasteiger partial charge in [-0.15, -0.1) is 0 Å². The van der Waals surface area contributed by atoms with Gasteiger partial charge in [-0.05, 0) is 118 Å². The van der Waals surface area contributed by atoms with Crippen LogP contribution in [0.4, 0.5) is 11.4 Å². The lowest BCUT2D eigenvalue weighted by molar-refractivity contribution is 0.238. The Morgan fingerprint density at radius 1 is 0.492 bits per heavy atom. The summed E-state index contributed by atoms with van der Waals surface area (Å²) >= 11 is 12.5. The molecule has 0 amide bonds. The van der Waals surface area contributed by atoms with Gasteiger partial charge in [0, 0.05) is 82.6 Å². The maximum Gasteiger partial charge on any atom is 0.272 e. The highest BCUT2D eigenvalue weighted by Crippen LogP contribution is 2.33. The summed E-state index contributed by atoms with van der Waals surface area (Å²) in [6.45, 7) is 11.9. The number of nitrogens with zero attached hydrogens (tertiary/aromatic N) is 6. The van der Waals surface area contributed by atoms with Crippen LogP contribution in [0.3, 0.4) is 0 Å². The van der Waals surface area contributed by atoms with Crippen LogP contribution in [0.5, 0.6) is 11.5 Å². The zero-order valence-electron chi connectivity index (χ0n) is 36.6. The molecule has 4 aromatic carbocycles. The predicted molar refractivity (Wildman–Crippen MR) is 265 cm³/mol. The Bertz CT molecular complexity index is 2950. The lowest BCUT2D eigenvalue weighted by Crippen LogP contribution is -2.46. The van der Waals surface area contributed by atoms with E-state index in [2.05, 4.69) is 59.9 Å². The van der Waals surface area contributed by atoms with E-state index in [1.54, 1.807) is 0 Å². The second kappa shape index (κ2) is 20.9. The summed E-state index contributed by atoms with van der Waals surface area (Å²) in [6, 6.07) is 35.6. The Hall–Kier alpha value is -5.92. The average Bonchev–Trinajstić information content (AvgIpc) is 4.05. The second-order valence-electron chi connectivity index (χ2n) is 16.8. The number of aromatic amines is 2. The number of ether oxygens (including phenoxy) is 2. The van der Waals surface area contributed by atoms with Crippen molar-refractivity contribution in [3.8, 4) is 11.5 Å². The highest BCUT2D eigenvalue weighted by Gasteiger charge is 2.20. The van der Waals surface area contributed by atoms with Gasteiger partial charge in [0.2, 0.25) is 0 Å². The number of H-pyrrole nitrogens is 2. The van der Waals surface area contributed by atoms with E-state index >= 15 is 0 Å². The molecule has 0 saturated carbocycles. The molecule has 0 atom stereocenters. The molecule has 0 spiro atoms. The molecule has 12 nitrogen and oxygen atoms in total. The van der Waals surface area contributed by atoms with Gasteiger partial charge in [-0.2, -0.15) is 0 Å². The third-order valence-electron chi connectivity index (χ3n) is 12.6. The summed E-state index contributed by atoms with van der Waals surface area (Å²) in [5, 5.41) is 1.24. The summed E-state index contributed by atoms with van der Waals surface area (Å²) in [5.74, 6) is 1.58. The van der Waals surface area contributed by atoms with Gasteiger partial charge >= 0.3 is 0 Å². The van der Waals surface area contributed by atoms with E-state index in [1.807, 2.05) is 100 Å². The van der Waals surface area contributed by atoms with Crippen LogP contribution in [-0.2, 0) is 0 Å². The third-order valence-corrected chi connectivity index (χ3v) is 13.4. The molecule has 2 N–H and O–H groups in total. The zero-order valence-corrected chi connectivity index (χ0v) is 38.2. The van der Waals surface area contributed by atoms with Crippen LogP contribution in [0.25, 0.3) is 33.1 Å². The lowest BCUT2D eigenvalue weighted by Gasteiger charge is -2.36. The van der Waals surface area contributed by atoms with Crippen LogP contribution in [0.2, 0.25) is 10.0 Å². The average molecular weight is 916 g/mol. The van der Waals surface area contributed by atoms with E-state index in [0.717, 1.165) is 130 Å². The van der Waals surface area contributed by atoms with Crippen molar-refractivity contribution in [1.29, 1.82) is 0 Å². The van der Waals surface area contributed by atoms with Crippen LogP contribution in [0, 0.1) is 0 Å². The van der Waals surface area contributed by atoms with Crippen molar-refractivity contribution >= 4 is 67.7 Å². The van der Waals surface area contributed by atoms with Crippen molar-refractivity contribution in [2.24, 2.45) is 0 Å². The Morgan fingerprint density at radius 2 is 1.02 bits per heavy atom. The third kappa shape index (κ3) is 10.6. The van der Waals surface area contributed by atoms with Gasteiger partial charge < -0.3 is 38.0 Å². The van der Waals surface area contributed by atoms with Crippen LogP contribution in [0.15, 0.2) is 131 Å². The quantitative estimate of drug-likeness (QED) is 0.0982. The fourth-order valence-corrected chi connectivity index (χ4v) is 9.42. The molecule has 0 aliphatic carbocycles. The maximum absolute atomic E-state index is 12.2. The van der Waals surface area contributed by atoms with Crippen LogP contribution in [0.1, 0.15) is 32.1 Å². The molecule has 338 valence electrons. The second-order valence-corrected chi connectivity index (χ2v) is 17.6. The lowest BCUT2D eigenvalue weighted by atomic mass is 10.2. The summed E-state index contributed by atoms with van der Waals surface area (Å²) in [5.41, 5.74) is 6.99. The fraction of sp³-hybridized carbons (Fsp3) is 0.333. The Balaban J connectivity index is 0.000000164. The molecule has 2 saturated heterocycles. The number of unbranched alkanes of at least 4 members (excludes halogenated alkanes) is 3. The molecule has 0 bridgehead atoms. The summed E-state index contributed by atoms with van der Waals surface area (Å²) in [7, 11) is 0. The molecule has 65 heavy (non-hydrogen) atoms. The molecule has 2 aliphatic rings. The van der Waals surface area contributed by atoms with E-state index in [0.29, 0.717) is 34.3 Å². The molecule has 14 heteroatoms. The monoisotopic (exact) mass is 914 g/mol. The molecule has 0 unspecified atom stereocenters. The number of rotatable bonds is 15. The van der Waals surface area contributed by atoms with Gasteiger partial charge in [-0.3, -0.25) is 19.4 Å². The van der Waals surface area contributed by atoms with Gasteiger partial charge in [0.25, 0.3) is 11.1 Å². The van der Waals surface area contributed by atoms with Gasteiger partial charge in [0.15, 0.2) is 0 Å². The van der Waals surface area contributed by atoms with E-state index < -0.39 is 0 Å². The Labute approximate surface area is 388 Å². The minimum absolute atomic E-state index is 0.0794. The summed E-state index contributed by atoms with van der Waals surface area (Å²) in [4.78, 5) is 40.1. The smallest absolute Gasteiger partial charge is 0.272 e. The number of benzene rings is 4. The molecular weight excluding hydrogens is 860 g/mol. The number of anilines is 2. The predicted octanol–water partition coefficient (Wildman–Crippen LogP) is 9.22. The highest BCUT2D eigenvalue weighted by atomic mass is 35.5. The number of para-hydroxylation sites is 1. The van der Waals surface area contributed by atoms with Gasteiger partial charge in [-0.25, -0.2) is 0 Å². The van der Waals surface area contributed by atoms with Crippen molar-refractivity contribution in [3.63, 3.8) is 0 Å². The Morgan fingerprint density at radius 3 is 1.58 bits per heavy atom. The number of hydrogen-bond acceptors (Lipinski definition) is 8. The van der Waals surface area contributed by atoms with E-state index in [4.69, 9.17) is 32.7 Å². The fourth-order valence-electron chi connectivity index (χ4n) is 9.00. The van der Waals surface area contributed by atoms with Crippen molar-refractivity contribution < 1.29 is 9.47 Å². The summed E-state index contributed by atoms with van der Waals surface area (Å²) < 4.78 is 15.7. The van der Waals surface area contributed by atoms with Crippen molar-refractivity contribution in [1.82, 2.24) is 28.6 Å².